The second-order valence-corrected chi connectivity index (χ2v) is 7.62. The SMILES string of the molecule is Cc1ccc(C(=O)/C=C(\CC(=O)c2ccc(I)cc2)c2ccccc2)cc1. The highest BCUT2D eigenvalue weighted by Crippen LogP contribution is 2.22. The molecule has 3 heteroatoms. The summed E-state index contributed by atoms with van der Waals surface area (Å²) in [6, 6.07) is 24.5. The maximum absolute atomic E-state index is 12.7. The number of aryl methyl sites for hydroxylation is 1. The predicted octanol–water partition coefficient (Wildman–Crippen LogP) is 6.14. The molecule has 0 atom stereocenters. The zero-order valence-corrected chi connectivity index (χ0v) is 17.1. The van der Waals surface area contributed by atoms with Crippen LogP contribution in [0.2, 0.25) is 0 Å². The summed E-state index contributed by atoms with van der Waals surface area (Å²) in [6.45, 7) is 1.99. The number of carbonyl (C=O) groups excluding carboxylic acids is 2. The molecule has 3 rings (SSSR count). The van der Waals surface area contributed by atoms with Crippen molar-refractivity contribution in [3.05, 3.63) is 111 Å². The Morgan fingerprint density at radius 3 is 2.00 bits per heavy atom. The number of carbonyl (C=O) groups is 2. The van der Waals surface area contributed by atoms with Gasteiger partial charge in [0.2, 0.25) is 0 Å². The molecule has 0 spiro atoms. The minimum atomic E-state index is -0.0933. The summed E-state index contributed by atoms with van der Waals surface area (Å²) in [7, 11) is 0. The Morgan fingerprint density at radius 1 is 0.778 bits per heavy atom. The number of hydrogen-bond acceptors (Lipinski definition) is 2. The van der Waals surface area contributed by atoms with Gasteiger partial charge in [0, 0.05) is 21.1 Å². The molecule has 0 saturated heterocycles. The Kier molecular flexibility index (Phi) is 6.35. The van der Waals surface area contributed by atoms with Gasteiger partial charge in [0.25, 0.3) is 0 Å². The topological polar surface area (TPSA) is 34.1 Å². The Labute approximate surface area is 173 Å². The molecule has 0 amide bonds. The highest BCUT2D eigenvalue weighted by Gasteiger charge is 2.13. The molecule has 0 aromatic heterocycles. The molecule has 0 fully saturated rings. The van der Waals surface area contributed by atoms with E-state index in [1.54, 1.807) is 6.08 Å². The number of rotatable bonds is 6. The number of allylic oxidation sites excluding steroid dienone is 2. The minimum Gasteiger partial charge on any atom is -0.294 e. The molecule has 3 aromatic rings. The Morgan fingerprint density at radius 2 is 1.37 bits per heavy atom. The zero-order chi connectivity index (χ0) is 19.2. The molecule has 0 saturated carbocycles. The van der Waals surface area contributed by atoms with Gasteiger partial charge in [-0.1, -0.05) is 72.3 Å². The van der Waals surface area contributed by atoms with E-state index in [0.29, 0.717) is 11.1 Å². The molecule has 0 aliphatic carbocycles. The monoisotopic (exact) mass is 466 g/mol. The summed E-state index contributed by atoms with van der Waals surface area (Å²) >= 11 is 2.21. The minimum absolute atomic E-state index is 0.00166. The van der Waals surface area contributed by atoms with Crippen molar-refractivity contribution < 1.29 is 9.59 Å². The van der Waals surface area contributed by atoms with E-state index in [9.17, 15) is 9.59 Å². The second-order valence-electron chi connectivity index (χ2n) is 6.37. The number of ketones is 2. The summed E-state index contributed by atoms with van der Waals surface area (Å²) in [5.74, 6) is -0.0949. The third-order valence-electron chi connectivity index (χ3n) is 4.30. The quantitative estimate of drug-likeness (QED) is 0.249. The number of hydrogen-bond donors (Lipinski definition) is 0. The molecule has 134 valence electrons. The van der Waals surface area contributed by atoms with Crippen molar-refractivity contribution in [2.24, 2.45) is 0 Å². The lowest BCUT2D eigenvalue weighted by Crippen LogP contribution is -2.03. The van der Waals surface area contributed by atoms with Gasteiger partial charge in [-0.15, -0.1) is 0 Å². The van der Waals surface area contributed by atoms with Crippen molar-refractivity contribution in [1.29, 1.82) is 0 Å². The normalized spacial score (nSPS) is 11.3. The lowest BCUT2D eigenvalue weighted by molar-refractivity contribution is 0.0998. The third kappa shape index (κ3) is 5.23. The van der Waals surface area contributed by atoms with Crippen molar-refractivity contribution in [3.8, 4) is 0 Å². The lowest BCUT2D eigenvalue weighted by Gasteiger charge is -2.08. The van der Waals surface area contributed by atoms with E-state index in [1.165, 1.54) is 0 Å². The first-order valence-electron chi connectivity index (χ1n) is 8.69. The van der Waals surface area contributed by atoms with E-state index in [2.05, 4.69) is 22.6 Å². The molecular weight excluding hydrogens is 447 g/mol. The molecule has 0 radical (unpaired) electrons. The first-order chi connectivity index (χ1) is 13.0. The standard InChI is InChI=1S/C24H19IO2/c1-17-7-9-19(10-8-17)23(26)15-21(18-5-3-2-4-6-18)16-24(27)20-11-13-22(25)14-12-20/h2-15H,16H2,1H3/b21-15+. The maximum Gasteiger partial charge on any atom is 0.186 e. The molecule has 27 heavy (non-hydrogen) atoms. The van der Waals surface area contributed by atoms with Crippen LogP contribution in [-0.2, 0) is 0 Å². The van der Waals surface area contributed by atoms with Crippen LogP contribution in [-0.4, -0.2) is 11.6 Å². The van der Waals surface area contributed by atoms with Crippen molar-refractivity contribution >= 4 is 39.7 Å². The van der Waals surface area contributed by atoms with Gasteiger partial charge in [0.15, 0.2) is 11.6 Å². The molecule has 3 aromatic carbocycles. The van der Waals surface area contributed by atoms with Gasteiger partial charge in [0.1, 0.15) is 0 Å². The van der Waals surface area contributed by atoms with E-state index in [-0.39, 0.29) is 18.0 Å². The maximum atomic E-state index is 12.7. The van der Waals surface area contributed by atoms with Gasteiger partial charge in [-0.2, -0.15) is 0 Å². The lowest BCUT2D eigenvalue weighted by atomic mass is 9.95. The Hall–Kier alpha value is -2.53. The van der Waals surface area contributed by atoms with Gasteiger partial charge in [0.05, 0.1) is 0 Å². The van der Waals surface area contributed by atoms with Crippen LogP contribution in [0.15, 0.2) is 84.9 Å². The molecule has 0 bridgehead atoms. The molecule has 0 N–H and O–H groups in total. The van der Waals surface area contributed by atoms with Crippen molar-refractivity contribution in [2.45, 2.75) is 13.3 Å². The summed E-state index contributed by atoms with van der Waals surface area (Å²) in [4.78, 5) is 25.5. The van der Waals surface area contributed by atoms with Crippen LogP contribution in [0.4, 0.5) is 0 Å². The fourth-order valence-corrected chi connectivity index (χ4v) is 3.12. The first kappa shape index (κ1) is 19.2. The van der Waals surface area contributed by atoms with Gasteiger partial charge in [-0.3, -0.25) is 9.59 Å². The van der Waals surface area contributed by atoms with Crippen LogP contribution in [0.3, 0.4) is 0 Å². The largest absolute Gasteiger partial charge is 0.294 e. The average molecular weight is 466 g/mol. The van der Waals surface area contributed by atoms with E-state index < -0.39 is 0 Å². The number of Topliss-reactive ketones (excluding diaryl/α,β-unsaturated/α-hetero) is 1. The fraction of sp³-hybridized carbons (Fsp3) is 0.0833. The predicted molar refractivity (Wildman–Crippen MR) is 118 cm³/mol. The molecule has 2 nitrogen and oxygen atoms in total. The van der Waals surface area contributed by atoms with E-state index in [0.717, 1.165) is 20.3 Å². The summed E-state index contributed by atoms with van der Waals surface area (Å²) in [6.07, 6.45) is 1.77. The second kappa shape index (κ2) is 8.91. The Bertz CT molecular complexity index is 969. The smallest absolute Gasteiger partial charge is 0.186 e. The average Bonchev–Trinajstić information content (AvgIpc) is 2.69. The van der Waals surface area contributed by atoms with Crippen LogP contribution >= 0.6 is 22.6 Å². The van der Waals surface area contributed by atoms with Crippen molar-refractivity contribution in [3.63, 3.8) is 0 Å². The molecule has 0 aliphatic heterocycles. The zero-order valence-electron chi connectivity index (χ0n) is 15.0. The van der Waals surface area contributed by atoms with Gasteiger partial charge < -0.3 is 0 Å². The van der Waals surface area contributed by atoms with Crippen LogP contribution in [0.5, 0.6) is 0 Å². The van der Waals surface area contributed by atoms with Crippen LogP contribution in [0.1, 0.15) is 38.3 Å². The molecule has 0 aliphatic rings. The molecule has 0 heterocycles. The third-order valence-corrected chi connectivity index (χ3v) is 5.02. The molecular formula is C24H19IO2. The Balaban J connectivity index is 1.91. The van der Waals surface area contributed by atoms with E-state index >= 15 is 0 Å². The van der Waals surface area contributed by atoms with E-state index in [1.807, 2.05) is 85.8 Å². The van der Waals surface area contributed by atoms with Crippen molar-refractivity contribution in [1.82, 2.24) is 0 Å². The highest BCUT2D eigenvalue weighted by atomic mass is 127. The summed E-state index contributed by atoms with van der Waals surface area (Å²) < 4.78 is 1.08. The van der Waals surface area contributed by atoms with Gasteiger partial charge >= 0.3 is 0 Å². The highest BCUT2D eigenvalue weighted by molar-refractivity contribution is 14.1. The van der Waals surface area contributed by atoms with Crippen LogP contribution < -0.4 is 0 Å². The first-order valence-corrected chi connectivity index (χ1v) is 9.76. The number of benzene rings is 3. The van der Waals surface area contributed by atoms with Gasteiger partial charge in [-0.25, -0.2) is 0 Å². The van der Waals surface area contributed by atoms with Crippen LogP contribution in [0, 0.1) is 10.5 Å². The summed E-state index contributed by atoms with van der Waals surface area (Å²) in [5.41, 5.74) is 3.99. The van der Waals surface area contributed by atoms with Gasteiger partial charge in [-0.05, 0) is 58.9 Å². The van der Waals surface area contributed by atoms with E-state index in [4.69, 9.17) is 0 Å². The molecule has 0 unspecified atom stereocenters. The van der Waals surface area contributed by atoms with Crippen LogP contribution in [0.25, 0.3) is 5.57 Å². The number of halogens is 1. The fourth-order valence-electron chi connectivity index (χ4n) is 2.76. The van der Waals surface area contributed by atoms with Crippen molar-refractivity contribution in [2.75, 3.05) is 0 Å². The summed E-state index contributed by atoms with van der Waals surface area (Å²) in [5, 5.41) is 0.